The summed E-state index contributed by atoms with van der Waals surface area (Å²) in [5, 5.41) is 13.3. The van der Waals surface area contributed by atoms with Gasteiger partial charge in [0.1, 0.15) is 11.6 Å². The van der Waals surface area contributed by atoms with Crippen molar-refractivity contribution in [3.8, 4) is 0 Å². The smallest absolute Gasteiger partial charge is 0.227 e. The van der Waals surface area contributed by atoms with Crippen LogP contribution in [0, 0.1) is 0 Å². The number of aromatic nitrogens is 5. The van der Waals surface area contributed by atoms with Crippen molar-refractivity contribution < 1.29 is 4.79 Å². The normalized spacial score (nSPS) is 21.7. The fourth-order valence-electron chi connectivity index (χ4n) is 4.29. The molecule has 0 saturated carbocycles. The van der Waals surface area contributed by atoms with E-state index in [2.05, 4.69) is 24.8 Å². The highest BCUT2D eigenvalue weighted by molar-refractivity contribution is 5.95. The molecular weight excluding hydrogens is 330 g/mol. The van der Waals surface area contributed by atoms with E-state index in [9.17, 15) is 4.79 Å². The van der Waals surface area contributed by atoms with E-state index in [1.54, 1.807) is 0 Å². The van der Waals surface area contributed by atoms with Gasteiger partial charge in [-0.3, -0.25) is 14.4 Å². The molecule has 2 saturated heterocycles. The number of carbonyl (C=O) groups is 1. The van der Waals surface area contributed by atoms with Crippen LogP contribution in [0.3, 0.4) is 0 Å². The second kappa shape index (κ2) is 6.50. The number of likely N-dealkylation sites (tertiary alicyclic amines) is 1. The third kappa shape index (κ3) is 2.82. The predicted octanol–water partition coefficient (Wildman–Crippen LogP) is 1.38. The van der Waals surface area contributed by atoms with Crippen LogP contribution in [0.5, 0.6) is 0 Å². The Labute approximate surface area is 152 Å². The van der Waals surface area contributed by atoms with Gasteiger partial charge in [-0.05, 0) is 19.3 Å². The molecule has 138 valence electrons. The molecule has 0 atom stereocenters. The minimum atomic E-state index is 0.215. The number of hydrogen-bond donors (Lipinski definition) is 0. The standard InChI is InChI=1S/C18H25N7O/c26-18-6-4-8-23(18)14-9-19-25(12-14)15-10-22(11-15)13-17-21-20-16-5-2-1-3-7-24(16)17/h9,12,15H,1-8,10-11,13H2. The van der Waals surface area contributed by atoms with Crippen LogP contribution in [0.15, 0.2) is 12.4 Å². The van der Waals surface area contributed by atoms with Crippen LogP contribution >= 0.6 is 0 Å². The second-order valence-corrected chi connectivity index (χ2v) is 7.67. The molecule has 0 radical (unpaired) electrons. The zero-order valence-corrected chi connectivity index (χ0v) is 15.0. The summed E-state index contributed by atoms with van der Waals surface area (Å²) >= 11 is 0. The average Bonchev–Trinajstić information content (AvgIpc) is 3.28. The van der Waals surface area contributed by atoms with Gasteiger partial charge < -0.3 is 9.47 Å². The topological polar surface area (TPSA) is 72.1 Å². The largest absolute Gasteiger partial charge is 0.314 e. The molecule has 0 aromatic carbocycles. The van der Waals surface area contributed by atoms with Crippen LogP contribution in [-0.4, -0.2) is 55.0 Å². The first-order valence-corrected chi connectivity index (χ1v) is 9.76. The molecule has 0 aliphatic carbocycles. The Morgan fingerprint density at radius 3 is 2.81 bits per heavy atom. The zero-order valence-electron chi connectivity index (χ0n) is 15.0. The van der Waals surface area contributed by atoms with Crippen LogP contribution < -0.4 is 4.90 Å². The van der Waals surface area contributed by atoms with Crippen molar-refractivity contribution in [3.63, 3.8) is 0 Å². The average molecular weight is 355 g/mol. The Morgan fingerprint density at radius 1 is 1.04 bits per heavy atom. The number of aryl methyl sites for hydroxylation is 1. The molecule has 3 aliphatic rings. The van der Waals surface area contributed by atoms with E-state index >= 15 is 0 Å². The molecule has 1 amide bonds. The van der Waals surface area contributed by atoms with E-state index in [4.69, 9.17) is 0 Å². The van der Waals surface area contributed by atoms with E-state index in [0.717, 1.165) is 62.9 Å². The number of fused-ring (bicyclic) bond motifs is 1. The van der Waals surface area contributed by atoms with Gasteiger partial charge in [0.25, 0.3) is 0 Å². The Morgan fingerprint density at radius 2 is 1.96 bits per heavy atom. The molecule has 2 aromatic heterocycles. The predicted molar refractivity (Wildman–Crippen MR) is 95.7 cm³/mol. The molecule has 26 heavy (non-hydrogen) atoms. The first-order valence-electron chi connectivity index (χ1n) is 9.76. The summed E-state index contributed by atoms with van der Waals surface area (Å²) in [6, 6.07) is 0.382. The molecule has 2 aromatic rings. The van der Waals surface area contributed by atoms with Crippen molar-refractivity contribution >= 4 is 11.6 Å². The van der Waals surface area contributed by atoms with Crippen LogP contribution in [-0.2, 0) is 24.3 Å². The van der Waals surface area contributed by atoms with Crippen molar-refractivity contribution in [2.24, 2.45) is 0 Å². The van der Waals surface area contributed by atoms with E-state index in [1.165, 1.54) is 19.3 Å². The van der Waals surface area contributed by atoms with E-state index in [0.29, 0.717) is 12.5 Å². The van der Waals surface area contributed by atoms with Gasteiger partial charge in [0.15, 0.2) is 0 Å². The van der Waals surface area contributed by atoms with E-state index in [1.807, 2.05) is 22.0 Å². The van der Waals surface area contributed by atoms with Crippen molar-refractivity contribution in [1.29, 1.82) is 0 Å². The quantitative estimate of drug-likeness (QED) is 0.829. The van der Waals surface area contributed by atoms with Gasteiger partial charge in [-0.15, -0.1) is 10.2 Å². The number of amides is 1. The molecule has 8 heteroatoms. The number of hydrogen-bond acceptors (Lipinski definition) is 5. The fourth-order valence-corrected chi connectivity index (χ4v) is 4.29. The summed E-state index contributed by atoms with van der Waals surface area (Å²) in [6.45, 7) is 4.68. The third-order valence-corrected chi connectivity index (χ3v) is 5.84. The van der Waals surface area contributed by atoms with Gasteiger partial charge in [0.05, 0.1) is 24.5 Å². The van der Waals surface area contributed by atoms with Gasteiger partial charge >= 0.3 is 0 Å². The molecule has 3 aliphatic heterocycles. The number of carbonyl (C=O) groups excluding carboxylic acids is 1. The number of anilines is 1. The Kier molecular flexibility index (Phi) is 4.00. The monoisotopic (exact) mass is 355 g/mol. The fraction of sp³-hybridized carbons (Fsp3) is 0.667. The highest BCUT2D eigenvalue weighted by Gasteiger charge is 2.31. The summed E-state index contributed by atoms with van der Waals surface area (Å²) in [5.74, 6) is 2.47. The van der Waals surface area contributed by atoms with E-state index < -0.39 is 0 Å². The maximum Gasteiger partial charge on any atom is 0.227 e. The SMILES string of the molecule is O=C1CCCN1c1cnn(C2CN(Cc3nnc4n3CCCCC4)C2)c1. The number of rotatable bonds is 4. The van der Waals surface area contributed by atoms with Crippen molar-refractivity contribution in [2.45, 2.75) is 57.7 Å². The van der Waals surface area contributed by atoms with Gasteiger partial charge in [0, 0.05) is 45.2 Å². The third-order valence-electron chi connectivity index (χ3n) is 5.84. The van der Waals surface area contributed by atoms with Gasteiger partial charge in [-0.25, -0.2) is 0 Å². The van der Waals surface area contributed by atoms with Crippen LogP contribution in [0.4, 0.5) is 5.69 Å². The summed E-state index contributed by atoms with van der Waals surface area (Å²) in [4.78, 5) is 16.1. The maximum absolute atomic E-state index is 11.9. The molecule has 2 fully saturated rings. The highest BCUT2D eigenvalue weighted by atomic mass is 16.2. The van der Waals surface area contributed by atoms with Crippen molar-refractivity contribution in [3.05, 3.63) is 24.0 Å². The Balaban J connectivity index is 1.20. The second-order valence-electron chi connectivity index (χ2n) is 7.67. The lowest BCUT2D eigenvalue weighted by molar-refractivity contribution is -0.117. The number of nitrogens with zero attached hydrogens (tertiary/aromatic N) is 7. The van der Waals surface area contributed by atoms with E-state index in [-0.39, 0.29) is 5.91 Å². The van der Waals surface area contributed by atoms with Crippen molar-refractivity contribution in [2.75, 3.05) is 24.5 Å². The maximum atomic E-state index is 11.9. The highest BCUT2D eigenvalue weighted by Crippen LogP contribution is 2.27. The first kappa shape index (κ1) is 16.0. The summed E-state index contributed by atoms with van der Waals surface area (Å²) in [6.07, 6.45) is 10.3. The summed E-state index contributed by atoms with van der Waals surface area (Å²) in [7, 11) is 0. The van der Waals surface area contributed by atoms with Gasteiger partial charge in [-0.1, -0.05) is 6.42 Å². The zero-order chi connectivity index (χ0) is 17.5. The van der Waals surface area contributed by atoms with Crippen LogP contribution in [0.25, 0.3) is 0 Å². The molecule has 0 unspecified atom stereocenters. The van der Waals surface area contributed by atoms with Gasteiger partial charge in [0.2, 0.25) is 5.91 Å². The lowest BCUT2D eigenvalue weighted by Crippen LogP contribution is -2.47. The lowest BCUT2D eigenvalue weighted by Gasteiger charge is -2.38. The minimum Gasteiger partial charge on any atom is -0.314 e. The Bertz CT molecular complexity index is 804. The molecule has 5 rings (SSSR count). The summed E-state index contributed by atoms with van der Waals surface area (Å²) < 4.78 is 4.34. The minimum absolute atomic E-state index is 0.215. The first-order chi connectivity index (χ1) is 12.8. The molecule has 0 spiro atoms. The molecular formula is C18H25N7O. The molecule has 5 heterocycles. The van der Waals surface area contributed by atoms with Crippen molar-refractivity contribution in [1.82, 2.24) is 29.4 Å². The molecule has 8 nitrogen and oxygen atoms in total. The van der Waals surface area contributed by atoms with Crippen LogP contribution in [0.1, 0.15) is 49.8 Å². The Hall–Kier alpha value is -2.22. The van der Waals surface area contributed by atoms with Crippen LogP contribution in [0.2, 0.25) is 0 Å². The lowest BCUT2D eigenvalue weighted by atomic mass is 10.1. The van der Waals surface area contributed by atoms with Gasteiger partial charge in [-0.2, -0.15) is 5.10 Å². The molecule has 0 bridgehead atoms. The summed E-state index contributed by atoms with van der Waals surface area (Å²) in [5.41, 5.74) is 0.939. The molecule has 0 N–H and O–H groups in total.